The Labute approximate surface area is 168 Å². The van der Waals surface area contributed by atoms with Crippen LogP contribution in [0.3, 0.4) is 0 Å². The molecule has 29 heavy (non-hydrogen) atoms. The number of rotatable bonds is 3. The van der Waals surface area contributed by atoms with E-state index in [0.29, 0.717) is 11.6 Å². The first-order valence-electron chi connectivity index (χ1n) is 9.44. The molecule has 3 aromatic carbocycles. The van der Waals surface area contributed by atoms with Crippen LogP contribution in [0.1, 0.15) is 5.56 Å². The van der Waals surface area contributed by atoms with Crippen LogP contribution in [-0.2, 0) is 0 Å². The first-order valence-corrected chi connectivity index (χ1v) is 9.44. The van der Waals surface area contributed by atoms with Gasteiger partial charge in [-0.2, -0.15) is 9.78 Å². The van der Waals surface area contributed by atoms with Gasteiger partial charge in [-0.05, 0) is 19.1 Å². The predicted molar refractivity (Wildman–Crippen MR) is 117 cm³/mol. The number of nitrogens with zero attached hydrogens (tertiary/aromatic N) is 4. The van der Waals surface area contributed by atoms with Crippen molar-refractivity contribution < 1.29 is 0 Å². The maximum Gasteiger partial charge on any atom is 0.182 e. The zero-order valence-electron chi connectivity index (χ0n) is 15.9. The summed E-state index contributed by atoms with van der Waals surface area (Å²) in [7, 11) is 0. The molecule has 5 rings (SSSR count). The van der Waals surface area contributed by atoms with Gasteiger partial charge in [-0.25, -0.2) is 9.97 Å². The lowest BCUT2D eigenvalue weighted by Gasteiger charge is -2.11. The van der Waals surface area contributed by atoms with Gasteiger partial charge in [-0.1, -0.05) is 72.3 Å². The van der Waals surface area contributed by atoms with E-state index in [4.69, 9.17) is 20.8 Å². The molecule has 2 aromatic heterocycles. The SMILES string of the molecule is Cc1ccc(-c2cc(N)n(-c3nc4ccccc4nc3-c3ccccc3)n2)cc1. The van der Waals surface area contributed by atoms with Crippen molar-refractivity contribution in [2.75, 3.05) is 5.73 Å². The predicted octanol–water partition coefficient (Wildman–Crippen LogP) is 5.04. The van der Waals surface area contributed by atoms with Crippen molar-refractivity contribution in [3.05, 3.63) is 90.5 Å². The lowest BCUT2D eigenvalue weighted by molar-refractivity contribution is 0.862. The van der Waals surface area contributed by atoms with Crippen LogP contribution in [-0.4, -0.2) is 19.7 Å². The summed E-state index contributed by atoms with van der Waals surface area (Å²) in [4.78, 5) is 9.74. The summed E-state index contributed by atoms with van der Waals surface area (Å²) in [5.41, 5.74) is 12.7. The molecule has 0 unspecified atom stereocenters. The highest BCUT2D eigenvalue weighted by Gasteiger charge is 2.17. The second-order valence-electron chi connectivity index (χ2n) is 6.98. The Kier molecular flexibility index (Phi) is 4.06. The van der Waals surface area contributed by atoms with Gasteiger partial charge in [0, 0.05) is 17.2 Å². The Bertz CT molecular complexity index is 1300. The molecule has 2 N–H and O–H groups in total. The molecule has 0 amide bonds. The van der Waals surface area contributed by atoms with E-state index >= 15 is 0 Å². The maximum absolute atomic E-state index is 6.36. The van der Waals surface area contributed by atoms with Gasteiger partial charge in [0.25, 0.3) is 0 Å². The summed E-state index contributed by atoms with van der Waals surface area (Å²) in [5, 5.41) is 4.76. The van der Waals surface area contributed by atoms with Gasteiger partial charge in [-0.3, -0.25) is 0 Å². The molecule has 0 fully saturated rings. The van der Waals surface area contributed by atoms with Crippen LogP contribution in [0.4, 0.5) is 5.82 Å². The van der Waals surface area contributed by atoms with E-state index in [0.717, 1.165) is 33.5 Å². The molecule has 0 saturated heterocycles. The van der Waals surface area contributed by atoms with Crippen LogP contribution in [0.2, 0.25) is 0 Å². The van der Waals surface area contributed by atoms with Gasteiger partial charge in [0.05, 0.1) is 16.7 Å². The summed E-state index contributed by atoms with van der Waals surface area (Å²) in [6.45, 7) is 2.06. The van der Waals surface area contributed by atoms with E-state index in [1.54, 1.807) is 4.68 Å². The fourth-order valence-corrected chi connectivity index (χ4v) is 3.36. The zero-order valence-corrected chi connectivity index (χ0v) is 15.9. The number of aromatic nitrogens is 4. The fraction of sp³-hybridized carbons (Fsp3) is 0.0417. The topological polar surface area (TPSA) is 69.6 Å². The minimum absolute atomic E-state index is 0.516. The molecule has 0 radical (unpaired) electrons. The van der Waals surface area contributed by atoms with E-state index < -0.39 is 0 Å². The standard InChI is InChI=1S/C24H19N5/c1-16-11-13-17(14-12-16)21-15-22(25)29(28-21)24-23(18-7-3-2-4-8-18)26-19-9-5-6-10-20(19)27-24/h2-15H,25H2,1H3. The van der Waals surface area contributed by atoms with Gasteiger partial charge in [0.15, 0.2) is 5.82 Å². The van der Waals surface area contributed by atoms with E-state index in [1.807, 2.05) is 72.8 Å². The van der Waals surface area contributed by atoms with Crippen LogP contribution in [0, 0.1) is 6.92 Å². The summed E-state index contributed by atoms with van der Waals surface area (Å²) in [6.07, 6.45) is 0. The highest BCUT2D eigenvalue weighted by atomic mass is 15.3. The lowest BCUT2D eigenvalue weighted by Crippen LogP contribution is -2.08. The van der Waals surface area contributed by atoms with E-state index in [9.17, 15) is 0 Å². The molecular formula is C24H19N5. The molecule has 0 atom stereocenters. The molecule has 0 aliphatic heterocycles. The van der Waals surface area contributed by atoms with E-state index in [-0.39, 0.29) is 0 Å². The van der Waals surface area contributed by atoms with Crippen molar-refractivity contribution in [3.8, 4) is 28.3 Å². The van der Waals surface area contributed by atoms with Crippen LogP contribution in [0.15, 0.2) is 84.9 Å². The first kappa shape index (κ1) is 17.1. The molecule has 2 heterocycles. The van der Waals surface area contributed by atoms with Gasteiger partial charge < -0.3 is 5.73 Å². The average Bonchev–Trinajstić information content (AvgIpc) is 3.15. The Morgan fingerprint density at radius 2 is 1.38 bits per heavy atom. The van der Waals surface area contributed by atoms with Gasteiger partial charge in [0.2, 0.25) is 0 Å². The maximum atomic E-state index is 6.36. The molecule has 5 heteroatoms. The van der Waals surface area contributed by atoms with Gasteiger partial charge >= 0.3 is 0 Å². The van der Waals surface area contributed by atoms with Crippen molar-refractivity contribution in [3.63, 3.8) is 0 Å². The normalized spacial score (nSPS) is 11.1. The third-order valence-corrected chi connectivity index (χ3v) is 4.88. The number of para-hydroxylation sites is 2. The number of fused-ring (bicyclic) bond motifs is 1. The molecule has 5 aromatic rings. The largest absolute Gasteiger partial charge is 0.384 e. The highest BCUT2D eigenvalue weighted by Crippen LogP contribution is 2.29. The number of hydrogen-bond acceptors (Lipinski definition) is 4. The fourth-order valence-electron chi connectivity index (χ4n) is 3.36. The lowest BCUT2D eigenvalue weighted by atomic mass is 10.1. The average molecular weight is 377 g/mol. The van der Waals surface area contributed by atoms with Crippen LogP contribution in [0.5, 0.6) is 0 Å². The molecule has 5 nitrogen and oxygen atoms in total. The number of benzene rings is 3. The van der Waals surface area contributed by atoms with Gasteiger partial charge in [-0.15, -0.1) is 0 Å². The van der Waals surface area contributed by atoms with Crippen molar-refractivity contribution in [1.29, 1.82) is 0 Å². The quantitative estimate of drug-likeness (QED) is 0.478. The van der Waals surface area contributed by atoms with Crippen molar-refractivity contribution >= 4 is 16.9 Å². The first-order chi connectivity index (χ1) is 14.2. The third kappa shape index (κ3) is 3.12. The van der Waals surface area contributed by atoms with Crippen LogP contribution < -0.4 is 5.73 Å². The molecule has 0 spiro atoms. The van der Waals surface area contributed by atoms with Crippen molar-refractivity contribution in [1.82, 2.24) is 19.7 Å². The number of hydrogen-bond donors (Lipinski definition) is 1. The minimum atomic E-state index is 0.516. The Morgan fingerprint density at radius 1 is 0.724 bits per heavy atom. The van der Waals surface area contributed by atoms with Crippen molar-refractivity contribution in [2.45, 2.75) is 6.92 Å². The van der Waals surface area contributed by atoms with E-state index in [1.165, 1.54) is 5.56 Å². The minimum Gasteiger partial charge on any atom is -0.384 e. The zero-order chi connectivity index (χ0) is 19.8. The second-order valence-corrected chi connectivity index (χ2v) is 6.98. The summed E-state index contributed by atoms with van der Waals surface area (Å²) in [5.74, 6) is 1.13. The molecular weight excluding hydrogens is 358 g/mol. The summed E-state index contributed by atoms with van der Waals surface area (Å²) >= 11 is 0. The molecule has 0 aliphatic carbocycles. The summed E-state index contributed by atoms with van der Waals surface area (Å²) in [6, 6.07) is 27.9. The Hall–Kier alpha value is -3.99. The molecule has 140 valence electrons. The number of aryl methyl sites for hydroxylation is 1. The van der Waals surface area contributed by atoms with E-state index in [2.05, 4.69) is 19.1 Å². The number of nitrogen functional groups attached to an aromatic ring is 1. The van der Waals surface area contributed by atoms with Gasteiger partial charge in [0.1, 0.15) is 11.5 Å². The molecule has 0 saturated carbocycles. The summed E-state index contributed by atoms with van der Waals surface area (Å²) < 4.78 is 1.68. The molecule has 0 aliphatic rings. The highest BCUT2D eigenvalue weighted by molar-refractivity contribution is 5.81. The van der Waals surface area contributed by atoms with Crippen LogP contribution >= 0.6 is 0 Å². The number of nitrogens with two attached hydrogens (primary N) is 1. The monoisotopic (exact) mass is 377 g/mol. The molecule has 0 bridgehead atoms. The number of anilines is 1. The van der Waals surface area contributed by atoms with Crippen LogP contribution in [0.25, 0.3) is 39.4 Å². The Balaban J connectivity index is 1.73. The smallest absolute Gasteiger partial charge is 0.182 e. The Morgan fingerprint density at radius 3 is 2.10 bits per heavy atom. The van der Waals surface area contributed by atoms with Crippen molar-refractivity contribution in [2.24, 2.45) is 0 Å². The third-order valence-electron chi connectivity index (χ3n) is 4.88. The second kappa shape index (κ2) is 6.87.